The van der Waals surface area contributed by atoms with Gasteiger partial charge >= 0.3 is 0 Å². The molecule has 1 atom stereocenters. The molecule has 1 aliphatic heterocycles. The van der Waals surface area contributed by atoms with E-state index in [4.69, 9.17) is 4.99 Å². The van der Waals surface area contributed by atoms with E-state index in [9.17, 15) is 0 Å². The Kier molecular flexibility index (Phi) is 8.03. The second-order valence-corrected chi connectivity index (χ2v) is 15.8. The van der Waals surface area contributed by atoms with Crippen LogP contribution in [0, 0.1) is 0 Å². The molecule has 1 unspecified atom stereocenters. The average Bonchev–Trinajstić information content (AvgIpc) is 3.48. The summed E-state index contributed by atoms with van der Waals surface area (Å²) in [5, 5.41) is 6.22. The Morgan fingerprint density at radius 2 is 1.06 bits per heavy atom. The standard InChI is InChI=1S/C48H45N3/c1-47(2,3)37-22-26-44-40(29-37)41-30-38(48(4,5)6)23-27-45(41)51(44)39-24-20-32(21-25-39)35-18-13-19-36(28-35)43-31-42(33-14-9-7-10-15-33)49-46(50-43)34-16-11-8-12-17-34/h7-31,43H,1-6H3,(H,49,50). The van der Waals surface area contributed by atoms with E-state index < -0.39 is 0 Å². The minimum absolute atomic E-state index is 0.0713. The van der Waals surface area contributed by atoms with Gasteiger partial charge in [-0.15, -0.1) is 0 Å². The third kappa shape index (κ3) is 6.30. The number of nitrogens with one attached hydrogen (secondary N) is 1. The zero-order valence-corrected chi connectivity index (χ0v) is 30.4. The molecule has 0 saturated heterocycles. The largest absolute Gasteiger partial charge is 0.340 e. The second-order valence-electron chi connectivity index (χ2n) is 15.8. The Morgan fingerprint density at radius 1 is 0.510 bits per heavy atom. The van der Waals surface area contributed by atoms with Crippen LogP contribution in [0.2, 0.25) is 0 Å². The van der Waals surface area contributed by atoms with Gasteiger partial charge in [-0.25, -0.2) is 0 Å². The van der Waals surface area contributed by atoms with Gasteiger partial charge in [0, 0.05) is 27.7 Å². The van der Waals surface area contributed by atoms with E-state index in [1.807, 2.05) is 6.07 Å². The number of aliphatic imine (C=N–C) groups is 1. The van der Waals surface area contributed by atoms with Crippen LogP contribution in [-0.2, 0) is 10.8 Å². The van der Waals surface area contributed by atoms with E-state index >= 15 is 0 Å². The predicted molar refractivity (Wildman–Crippen MR) is 217 cm³/mol. The van der Waals surface area contributed by atoms with Gasteiger partial charge in [-0.3, -0.25) is 4.99 Å². The molecule has 1 N–H and O–H groups in total. The Hall–Kier alpha value is -5.67. The molecule has 7 aromatic rings. The smallest absolute Gasteiger partial charge is 0.133 e. The van der Waals surface area contributed by atoms with Crippen molar-refractivity contribution in [3.8, 4) is 16.8 Å². The van der Waals surface area contributed by atoms with Crippen LogP contribution in [0.15, 0.2) is 157 Å². The highest BCUT2D eigenvalue weighted by Gasteiger charge is 2.22. The first-order chi connectivity index (χ1) is 24.5. The van der Waals surface area contributed by atoms with Gasteiger partial charge in [0.2, 0.25) is 0 Å². The van der Waals surface area contributed by atoms with Gasteiger partial charge in [-0.2, -0.15) is 0 Å². The summed E-state index contributed by atoms with van der Waals surface area (Å²) in [6, 6.07) is 52.7. The third-order valence-electron chi connectivity index (χ3n) is 10.2. The van der Waals surface area contributed by atoms with Crippen molar-refractivity contribution in [2.45, 2.75) is 58.4 Å². The lowest BCUT2D eigenvalue weighted by Gasteiger charge is -2.23. The van der Waals surface area contributed by atoms with Gasteiger partial charge in [-0.1, -0.05) is 145 Å². The lowest BCUT2D eigenvalue weighted by molar-refractivity contribution is 0.590. The van der Waals surface area contributed by atoms with E-state index in [0.717, 1.165) is 33.9 Å². The molecule has 6 aromatic carbocycles. The summed E-state index contributed by atoms with van der Waals surface area (Å²) in [5.41, 5.74) is 13.3. The van der Waals surface area contributed by atoms with Crippen molar-refractivity contribution in [3.63, 3.8) is 0 Å². The summed E-state index contributed by atoms with van der Waals surface area (Å²) < 4.78 is 2.43. The molecule has 51 heavy (non-hydrogen) atoms. The van der Waals surface area contributed by atoms with Crippen molar-refractivity contribution in [1.29, 1.82) is 0 Å². The summed E-state index contributed by atoms with van der Waals surface area (Å²) >= 11 is 0. The first-order valence-electron chi connectivity index (χ1n) is 18.0. The maximum Gasteiger partial charge on any atom is 0.133 e. The maximum absolute atomic E-state index is 5.21. The number of nitrogens with zero attached hydrogens (tertiary/aromatic N) is 2. The van der Waals surface area contributed by atoms with Gasteiger partial charge in [0.25, 0.3) is 0 Å². The molecule has 0 fully saturated rings. The van der Waals surface area contributed by atoms with Crippen LogP contribution in [0.25, 0.3) is 44.3 Å². The van der Waals surface area contributed by atoms with Crippen LogP contribution in [0.4, 0.5) is 0 Å². The third-order valence-corrected chi connectivity index (χ3v) is 10.2. The van der Waals surface area contributed by atoms with Gasteiger partial charge < -0.3 is 9.88 Å². The van der Waals surface area contributed by atoms with Gasteiger partial charge in [0.15, 0.2) is 0 Å². The van der Waals surface area contributed by atoms with Crippen molar-refractivity contribution in [2.75, 3.05) is 0 Å². The molecule has 8 rings (SSSR count). The second kappa shape index (κ2) is 12.6. The number of hydrogen-bond donors (Lipinski definition) is 1. The molecule has 1 aliphatic rings. The van der Waals surface area contributed by atoms with Crippen LogP contribution in [-0.4, -0.2) is 10.4 Å². The Bertz CT molecular complexity index is 2310. The summed E-state index contributed by atoms with van der Waals surface area (Å²) in [6.07, 6.45) is 2.24. The summed E-state index contributed by atoms with van der Waals surface area (Å²) in [5.74, 6) is 0.882. The molecule has 0 saturated carbocycles. The van der Waals surface area contributed by atoms with Crippen molar-refractivity contribution in [3.05, 3.63) is 179 Å². The number of amidine groups is 1. The van der Waals surface area contributed by atoms with Gasteiger partial charge in [0.1, 0.15) is 5.84 Å². The zero-order chi connectivity index (χ0) is 35.3. The fourth-order valence-electron chi connectivity index (χ4n) is 7.17. The molecule has 3 heteroatoms. The van der Waals surface area contributed by atoms with Crippen LogP contribution in [0.1, 0.15) is 75.4 Å². The molecule has 0 amide bonds. The fraction of sp³-hybridized carbons (Fsp3) is 0.188. The first kappa shape index (κ1) is 32.5. The quantitative estimate of drug-likeness (QED) is 0.195. The molecular weight excluding hydrogens is 619 g/mol. The lowest BCUT2D eigenvalue weighted by Crippen LogP contribution is -2.27. The van der Waals surface area contributed by atoms with Crippen molar-refractivity contribution < 1.29 is 0 Å². The number of hydrogen-bond acceptors (Lipinski definition) is 2. The Labute approximate surface area is 302 Å². The molecule has 0 spiro atoms. The van der Waals surface area contributed by atoms with Gasteiger partial charge in [-0.05, 0) is 92.8 Å². The summed E-state index contributed by atoms with van der Waals surface area (Å²) in [7, 11) is 0. The van der Waals surface area contributed by atoms with Crippen molar-refractivity contribution in [2.24, 2.45) is 4.99 Å². The highest BCUT2D eigenvalue weighted by molar-refractivity contribution is 6.10. The SMILES string of the molecule is CC(C)(C)c1ccc2c(c1)c1cc(C(C)(C)C)ccc1n2-c1ccc(-c2cccc(C3C=C(c4ccccc4)NC(c4ccccc4)=N3)c2)cc1. The molecule has 252 valence electrons. The number of benzene rings is 6. The highest BCUT2D eigenvalue weighted by Crippen LogP contribution is 2.38. The molecule has 3 nitrogen and oxygen atoms in total. The minimum atomic E-state index is -0.121. The Balaban J connectivity index is 1.18. The Morgan fingerprint density at radius 3 is 1.63 bits per heavy atom. The van der Waals surface area contributed by atoms with Crippen molar-refractivity contribution >= 4 is 33.3 Å². The molecule has 0 radical (unpaired) electrons. The molecule has 2 heterocycles. The van der Waals surface area contributed by atoms with Crippen LogP contribution >= 0.6 is 0 Å². The van der Waals surface area contributed by atoms with E-state index in [1.165, 1.54) is 44.1 Å². The fourth-order valence-corrected chi connectivity index (χ4v) is 7.17. The van der Waals surface area contributed by atoms with E-state index in [-0.39, 0.29) is 16.9 Å². The van der Waals surface area contributed by atoms with Crippen LogP contribution in [0.5, 0.6) is 0 Å². The lowest BCUT2D eigenvalue weighted by atomic mass is 9.85. The summed E-state index contributed by atoms with van der Waals surface area (Å²) in [4.78, 5) is 5.21. The highest BCUT2D eigenvalue weighted by atomic mass is 15.0. The average molecular weight is 664 g/mol. The number of fused-ring (bicyclic) bond motifs is 3. The normalized spacial score (nSPS) is 15.1. The molecule has 0 bridgehead atoms. The predicted octanol–water partition coefficient (Wildman–Crippen LogP) is 12.2. The van der Waals surface area contributed by atoms with E-state index in [2.05, 4.69) is 197 Å². The number of aromatic nitrogens is 1. The number of rotatable bonds is 5. The molecular formula is C48H45N3. The molecule has 1 aromatic heterocycles. The summed E-state index contributed by atoms with van der Waals surface area (Å²) in [6.45, 7) is 13.7. The van der Waals surface area contributed by atoms with Gasteiger partial charge in [0.05, 0.1) is 17.1 Å². The van der Waals surface area contributed by atoms with Crippen LogP contribution < -0.4 is 5.32 Å². The minimum Gasteiger partial charge on any atom is -0.340 e. The van der Waals surface area contributed by atoms with E-state index in [0.29, 0.717) is 0 Å². The maximum atomic E-state index is 5.21. The van der Waals surface area contributed by atoms with Crippen molar-refractivity contribution in [1.82, 2.24) is 9.88 Å². The first-order valence-corrected chi connectivity index (χ1v) is 18.0. The molecule has 0 aliphatic carbocycles. The van der Waals surface area contributed by atoms with E-state index in [1.54, 1.807) is 0 Å². The topological polar surface area (TPSA) is 29.3 Å². The van der Waals surface area contributed by atoms with Crippen LogP contribution in [0.3, 0.4) is 0 Å². The zero-order valence-electron chi connectivity index (χ0n) is 30.4. The monoisotopic (exact) mass is 663 g/mol.